The first-order valence-electron chi connectivity index (χ1n) is 9.85. The molecule has 29 heavy (non-hydrogen) atoms. The van der Waals surface area contributed by atoms with Crippen LogP contribution in [0.4, 0.5) is 5.69 Å². The SMILES string of the molecule is O=C(Nc1ccc2c(c1)OCCCO2)[C@@H]1CCCN(C(=O)c2ccc(Cl)cc2)C1. The second-order valence-electron chi connectivity index (χ2n) is 7.30. The molecule has 0 saturated carbocycles. The highest BCUT2D eigenvalue weighted by molar-refractivity contribution is 6.30. The lowest BCUT2D eigenvalue weighted by Crippen LogP contribution is -2.43. The Morgan fingerprint density at radius 3 is 2.55 bits per heavy atom. The third-order valence-corrected chi connectivity index (χ3v) is 5.44. The molecule has 6 nitrogen and oxygen atoms in total. The van der Waals surface area contributed by atoms with Crippen LogP contribution in [0.3, 0.4) is 0 Å². The van der Waals surface area contributed by atoms with E-state index in [0.29, 0.717) is 54.1 Å². The van der Waals surface area contributed by atoms with Gasteiger partial charge in [0.2, 0.25) is 5.91 Å². The van der Waals surface area contributed by atoms with Gasteiger partial charge in [-0.2, -0.15) is 0 Å². The average Bonchev–Trinajstić information content (AvgIpc) is 2.99. The molecule has 1 fully saturated rings. The van der Waals surface area contributed by atoms with Crippen LogP contribution < -0.4 is 14.8 Å². The summed E-state index contributed by atoms with van der Waals surface area (Å²) >= 11 is 5.90. The molecule has 0 aliphatic carbocycles. The Kier molecular flexibility index (Phi) is 5.90. The van der Waals surface area contributed by atoms with Crippen LogP contribution >= 0.6 is 11.6 Å². The van der Waals surface area contributed by atoms with Crippen LogP contribution in [0.25, 0.3) is 0 Å². The molecule has 0 unspecified atom stereocenters. The van der Waals surface area contributed by atoms with E-state index in [1.165, 1.54) is 0 Å². The molecular formula is C22H23ClN2O4. The van der Waals surface area contributed by atoms with Gasteiger partial charge in [-0.1, -0.05) is 11.6 Å². The molecule has 1 atom stereocenters. The van der Waals surface area contributed by atoms with Crippen molar-refractivity contribution < 1.29 is 19.1 Å². The number of fused-ring (bicyclic) bond motifs is 1. The summed E-state index contributed by atoms with van der Waals surface area (Å²) in [5.41, 5.74) is 1.25. The maximum Gasteiger partial charge on any atom is 0.253 e. The van der Waals surface area contributed by atoms with Crippen LogP contribution in [0.5, 0.6) is 11.5 Å². The summed E-state index contributed by atoms with van der Waals surface area (Å²) in [6.45, 7) is 2.26. The molecule has 2 amide bonds. The number of hydrogen-bond acceptors (Lipinski definition) is 4. The first-order chi connectivity index (χ1) is 14.1. The normalized spacial score (nSPS) is 18.7. The molecule has 2 aliphatic rings. The number of amides is 2. The standard InChI is InChI=1S/C22H23ClN2O4/c23-17-6-4-15(5-7-17)22(27)25-10-1-3-16(14-25)21(26)24-18-8-9-19-20(13-18)29-12-2-11-28-19/h4-9,13,16H,1-3,10-12,14H2,(H,24,26)/t16-/m1/s1. The Morgan fingerprint density at radius 1 is 1.00 bits per heavy atom. The lowest BCUT2D eigenvalue weighted by molar-refractivity contribution is -0.121. The minimum Gasteiger partial charge on any atom is -0.490 e. The molecular weight excluding hydrogens is 392 g/mol. The van der Waals surface area contributed by atoms with Gasteiger partial charge in [0.15, 0.2) is 11.5 Å². The van der Waals surface area contributed by atoms with E-state index in [2.05, 4.69) is 5.32 Å². The Balaban J connectivity index is 1.40. The molecule has 152 valence electrons. The second-order valence-corrected chi connectivity index (χ2v) is 7.73. The highest BCUT2D eigenvalue weighted by Gasteiger charge is 2.29. The van der Waals surface area contributed by atoms with Crippen molar-refractivity contribution in [3.05, 3.63) is 53.1 Å². The predicted octanol–water partition coefficient (Wildman–Crippen LogP) is 3.99. The first-order valence-corrected chi connectivity index (χ1v) is 10.2. The number of rotatable bonds is 3. The number of carbonyl (C=O) groups excluding carboxylic acids is 2. The number of halogens is 1. The molecule has 2 heterocycles. The van der Waals surface area contributed by atoms with Crippen molar-refractivity contribution in [2.24, 2.45) is 5.92 Å². The Hall–Kier alpha value is -2.73. The Labute approximate surface area is 174 Å². The van der Waals surface area contributed by atoms with Crippen LogP contribution in [0.15, 0.2) is 42.5 Å². The van der Waals surface area contributed by atoms with Crippen LogP contribution in [0.2, 0.25) is 5.02 Å². The summed E-state index contributed by atoms with van der Waals surface area (Å²) in [5.74, 6) is 0.917. The van der Waals surface area contributed by atoms with Crippen LogP contribution in [-0.4, -0.2) is 43.0 Å². The molecule has 1 saturated heterocycles. The molecule has 2 aliphatic heterocycles. The lowest BCUT2D eigenvalue weighted by atomic mass is 9.96. The zero-order chi connectivity index (χ0) is 20.2. The summed E-state index contributed by atoms with van der Waals surface area (Å²) < 4.78 is 11.3. The highest BCUT2D eigenvalue weighted by atomic mass is 35.5. The molecule has 7 heteroatoms. The van der Waals surface area contributed by atoms with Crippen molar-refractivity contribution in [3.63, 3.8) is 0 Å². The maximum absolute atomic E-state index is 12.8. The number of likely N-dealkylation sites (tertiary alicyclic amines) is 1. The summed E-state index contributed by atoms with van der Waals surface area (Å²) in [6.07, 6.45) is 2.37. The molecule has 2 aromatic carbocycles. The van der Waals surface area contributed by atoms with Gasteiger partial charge < -0.3 is 19.7 Å². The number of piperidine rings is 1. The molecule has 0 spiro atoms. The summed E-state index contributed by atoms with van der Waals surface area (Å²) in [6, 6.07) is 12.2. The van der Waals surface area contributed by atoms with E-state index >= 15 is 0 Å². The van der Waals surface area contributed by atoms with Gasteiger partial charge in [0.1, 0.15) is 0 Å². The topological polar surface area (TPSA) is 67.9 Å². The van der Waals surface area contributed by atoms with E-state index in [-0.39, 0.29) is 17.7 Å². The molecule has 1 N–H and O–H groups in total. The quantitative estimate of drug-likeness (QED) is 0.824. The van der Waals surface area contributed by atoms with Crippen LogP contribution in [0, 0.1) is 5.92 Å². The molecule has 0 radical (unpaired) electrons. The van der Waals surface area contributed by atoms with E-state index in [1.54, 1.807) is 35.2 Å². The van der Waals surface area contributed by atoms with Crippen LogP contribution in [-0.2, 0) is 4.79 Å². The van der Waals surface area contributed by atoms with Crippen LogP contribution in [0.1, 0.15) is 29.6 Å². The van der Waals surface area contributed by atoms with Gasteiger partial charge in [0.25, 0.3) is 5.91 Å². The summed E-state index contributed by atoms with van der Waals surface area (Å²) in [4.78, 5) is 27.3. The summed E-state index contributed by atoms with van der Waals surface area (Å²) in [7, 11) is 0. The number of nitrogens with one attached hydrogen (secondary N) is 1. The van der Waals surface area contributed by atoms with Crippen molar-refractivity contribution in [1.82, 2.24) is 4.90 Å². The van der Waals surface area contributed by atoms with Gasteiger partial charge in [0, 0.05) is 41.9 Å². The summed E-state index contributed by atoms with van der Waals surface area (Å²) in [5, 5.41) is 3.55. The van der Waals surface area contributed by atoms with E-state index in [1.807, 2.05) is 12.1 Å². The van der Waals surface area contributed by atoms with E-state index in [9.17, 15) is 9.59 Å². The van der Waals surface area contributed by atoms with Crippen molar-refractivity contribution in [3.8, 4) is 11.5 Å². The van der Waals surface area contributed by atoms with Gasteiger partial charge in [0.05, 0.1) is 19.1 Å². The number of carbonyl (C=O) groups is 2. The van der Waals surface area contributed by atoms with E-state index < -0.39 is 0 Å². The van der Waals surface area contributed by atoms with Gasteiger partial charge in [-0.05, 0) is 49.2 Å². The number of ether oxygens (including phenoxy) is 2. The molecule has 0 bridgehead atoms. The van der Waals surface area contributed by atoms with Gasteiger partial charge in [-0.15, -0.1) is 0 Å². The minimum absolute atomic E-state index is 0.0743. The van der Waals surface area contributed by atoms with Crippen molar-refractivity contribution >= 4 is 29.1 Å². The zero-order valence-corrected chi connectivity index (χ0v) is 16.8. The second kappa shape index (κ2) is 8.74. The smallest absolute Gasteiger partial charge is 0.253 e. The zero-order valence-electron chi connectivity index (χ0n) is 16.0. The largest absolute Gasteiger partial charge is 0.490 e. The van der Waals surface area contributed by atoms with E-state index in [4.69, 9.17) is 21.1 Å². The monoisotopic (exact) mass is 414 g/mol. The fourth-order valence-corrected chi connectivity index (χ4v) is 3.76. The third kappa shape index (κ3) is 4.65. The molecule has 4 rings (SSSR count). The van der Waals surface area contributed by atoms with Gasteiger partial charge in [-0.3, -0.25) is 9.59 Å². The Bertz CT molecular complexity index is 900. The minimum atomic E-state index is -0.254. The average molecular weight is 415 g/mol. The third-order valence-electron chi connectivity index (χ3n) is 5.19. The van der Waals surface area contributed by atoms with E-state index in [0.717, 1.165) is 19.3 Å². The predicted molar refractivity (Wildman–Crippen MR) is 111 cm³/mol. The Morgan fingerprint density at radius 2 is 1.76 bits per heavy atom. The molecule has 0 aromatic heterocycles. The maximum atomic E-state index is 12.8. The van der Waals surface area contributed by atoms with Crippen molar-refractivity contribution in [2.45, 2.75) is 19.3 Å². The van der Waals surface area contributed by atoms with Gasteiger partial charge in [-0.25, -0.2) is 0 Å². The highest BCUT2D eigenvalue weighted by Crippen LogP contribution is 2.32. The number of hydrogen-bond donors (Lipinski definition) is 1. The van der Waals surface area contributed by atoms with Crippen molar-refractivity contribution in [1.29, 1.82) is 0 Å². The number of benzene rings is 2. The van der Waals surface area contributed by atoms with Crippen molar-refractivity contribution in [2.75, 3.05) is 31.6 Å². The lowest BCUT2D eigenvalue weighted by Gasteiger charge is -2.32. The first kappa shape index (κ1) is 19.6. The number of anilines is 1. The van der Waals surface area contributed by atoms with Gasteiger partial charge >= 0.3 is 0 Å². The molecule has 2 aromatic rings. The fraction of sp³-hybridized carbons (Fsp3) is 0.364. The number of nitrogens with zero attached hydrogens (tertiary/aromatic N) is 1. The fourth-order valence-electron chi connectivity index (χ4n) is 3.64.